The van der Waals surface area contributed by atoms with Crippen LogP contribution in [0.1, 0.15) is 57.0 Å². The summed E-state index contributed by atoms with van der Waals surface area (Å²) in [7, 11) is 0. The van der Waals surface area contributed by atoms with Gasteiger partial charge < -0.3 is 16.0 Å². The molecular formula is C26H31F3N6O2. The van der Waals surface area contributed by atoms with Gasteiger partial charge in [-0.15, -0.1) is 0 Å². The van der Waals surface area contributed by atoms with Crippen LogP contribution in [0.4, 0.5) is 18.0 Å². The number of primary amides is 1. The van der Waals surface area contributed by atoms with Gasteiger partial charge >= 0.3 is 12.2 Å². The second-order valence-corrected chi connectivity index (χ2v) is 10.6. The summed E-state index contributed by atoms with van der Waals surface area (Å²) >= 11 is 0. The molecule has 198 valence electrons. The Bertz CT molecular complexity index is 1240. The number of carbonyl (C=O) groups is 2. The predicted octanol–water partition coefficient (Wildman–Crippen LogP) is 4.23. The van der Waals surface area contributed by atoms with E-state index in [1.165, 1.54) is 12.4 Å². The molecule has 0 saturated carbocycles. The maximum absolute atomic E-state index is 13.4. The number of aryl methyl sites for hydroxylation is 1. The van der Waals surface area contributed by atoms with Crippen molar-refractivity contribution in [2.24, 2.45) is 11.1 Å². The number of urea groups is 1. The molecule has 4 N–H and O–H groups in total. The van der Waals surface area contributed by atoms with Crippen molar-refractivity contribution < 1.29 is 22.8 Å². The number of hydrogen-bond acceptors (Lipinski definition) is 4. The monoisotopic (exact) mass is 516 g/mol. The van der Waals surface area contributed by atoms with Gasteiger partial charge in [0, 0.05) is 25.0 Å². The third-order valence-electron chi connectivity index (χ3n) is 6.90. The summed E-state index contributed by atoms with van der Waals surface area (Å²) in [6.45, 7) is 6.13. The number of hydrogen-bond donors (Lipinski definition) is 3. The molecule has 4 rings (SSSR count). The van der Waals surface area contributed by atoms with Gasteiger partial charge in [-0.25, -0.2) is 9.78 Å². The van der Waals surface area contributed by atoms with E-state index in [1.54, 1.807) is 11.0 Å². The molecule has 11 heteroatoms. The zero-order chi connectivity index (χ0) is 27.0. The van der Waals surface area contributed by atoms with Gasteiger partial charge in [0.05, 0.1) is 11.0 Å². The van der Waals surface area contributed by atoms with Gasteiger partial charge in [-0.05, 0) is 74.4 Å². The van der Waals surface area contributed by atoms with Crippen molar-refractivity contribution in [3.63, 3.8) is 0 Å². The average molecular weight is 517 g/mol. The second kappa shape index (κ2) is 9.68. The molecule has 2 aromatic rings. The first-order valence-electron chi connectivity index (χ1n) is 12.1. The Kier molecular flexibility index (Phi) is 6.91. The number of amides is 3. The van der Waals surface area contributed by atoms with Gasteiger partial charge in [-0.2, -0.15) is 18.3 Å². The van der Waals surface area contributed by atoms with E-state index < -0.39 is 28.6 Å². The summed E-state index contributed by atoms with van der Waals surface area (Å²) in [5.41, 5.74) is 6.20. The number of H-pyrrole nitrogens is 1. The molecule has 2 aliphatic rings. The molecule has 37 heavy (non-hydrogen) atoms. The molecule has 1 aliphatic carbocycles. The third kappa shape index (κ3) is 5.55. The number of aromatic amines is 1. The number of rotatable bonds is 5. The standard InChI is InChI=1S/C26H31F3N6O2/c1-24(2,3)33-23(37)35-12-9-19-18(16-5-4-6-17(13-16)26(27,28)29)7-10-25(22(30)36,20(19)14-35)11-8-21-31-15-32-34-21/h4-7,13,15H,8-12,14H2,1-3H3,(H2,30,36)(H,33,37)(H,31,32,34). The Morgan fingerprint density at radius 2 is 2.00 bits per heavy atom. The SMILES string of the molecule is CC(C)(C)NC(=O)N1CCC2=C(C1)C(CCc1ncn[nH]1)(C(N)=O)CC=C2c1cccc(C(F)(F)F)c1. The van der Waals surface area contributed by atoms with Gasteiger partial charge in [0.15, 0.2) is 0 Å². The number of benzene rings is 1. The summed E-state index contributed by atoms with van der Waals surface area (Å²) in [6.07, 6.45) is -0.00202. The van der Waals surface area contributed by atoms with E-state index in [0.717, 1.165) is 17.7 Å². The zero-order valence-corrected chi connectivity index (χ0v) is 21.1. The lowest BCUT2D eigenvalue weighted by Crippen LogP contribution is -2.53. The summed E-state index contributed by atoms with van der Waals surface area (Å²) in [5, 5.41) is 9.59. The maximum Gasteiger partial charge on any atom is 0.416 e. The Morgan fingerprint density at radius 1 is 1.24 bits per heavy atom. The van der Waals surface area contributed by atoms with Crippen molar-refractivity contribution in [3.05, 3.63) is 64.8 Å². The fraction of sp³-hybridized carbons (Fsp3) is 0.462. The van der Waals surface area contributed by atoms with Crippen LogP contribution in [0.15, 0.2) is 47.8 Å². The fourth-order valence-corrected chi connectivity index (χ4v) is 5.06. The van der Waals surface area contributed by atoms with Gasteiger partial charge in [-0.1, -0.05) is 18.2 Å². The molecule has 0 radical (unpaired) electrons. The highest BCUT2D eigenvalue weighted by Crippen LogP contribution is 2.49. The van der Waals surface area contributed by atoms with Crippen LogP contribution in [0.5, 0.6) is 0 Å². The molecule has 1 aromatic heterocycles. The van der Waals surface area contributed by atoms with E-state index in [0.29, 0.717) is 48.3 Å². The first-order valence-corrected chi connectivity index (χ1v) is 12.1. The molecule has 8 nitrogen and oxygen atoms in total. The number of halogens is 3. The molecule has 0 saturated heterocycles. The molecule has 1 aromatic carbocycles. The number of nitrogens with two attached hydrogens (primary N) is 1. The smallest absolute Gasteiger partial charge is 0.369 e. The molecule has 1 atom stereocenters. The van der Waals surface area contributed by atoms with Crippen molar-refractivity contribution >= 4 is 17.5 Å². The summed E-state index contributed by atoms with van der Waals surface area (Å²) in [5.74, 6) is 0.0468. The molecule has 0 fully saturated rings. The summed E-state index contributed by atoms with van der Waals surface area (Å²) in [4.78, 5) is 31.9. The minimum absolute atomic E-state index is 0.146. The van der Waals surface area contributed by atoms with Crippen molar-refractivity contribution in [2.45, 2.75) is 58.2 Å². The van der Waals surface area contributed by atoms with Crippen LogP contribution >= 0.6 is 0 Å². The number of alkyl halides is 3. The number of allylic oxidation sites excluding steroid dienone is 2. The first kappa shape index (κ1) is 26.4. The van der Waals surface area contributed by atoms with Crippen LogP contribution < -0.4 is 11.1 Å². The fourth-order valence-electron chi connectivity index (χ4n) is 5.06. The Labute approximate surface area is 213 Å². The second-order valence-electron chi connectivity index (χ2n) is 10.6. The normalized spacial score (nSPS) is 20.4. The lowest BCUT2D eigenvalue weighted by molar-refractivity contribution is -0.137. The van der Waals surface area contributed by atoms with Crippen LogP contribution in [-0.2, 0) is 17.4 Å². The average Bonchev–Trinajstić information content (AvgIpc) is 3.34. The highest BCUT2D eigenvalue weighted by Gasteiger charge is 2.46. The van der Waals surface area contributed by atoms with E-state index in [1.807, 2.05) is 26.8 Å². The molecular weight excluding hydrogens is 485 g/mol. The molecule has 2 heterocycles. The van der Waals surface area contributed by atoms with Crippen molar-refractivity contribution in [2.75, 3.05) is 13.1 Å². The predicted molar refractivity (Wildman–Crippen MR) is 132 cm³/mol. The molecule has 0 bridgehead atoms. The van der Waals surface area contributed by atoms with Crippen LogP contribution in [-0.4, -0.2) is 50.6 Å². The molecule has 0 spiro atoms. The minimum Gasteiger partial charge on any atom is -0.369 e. The van der Waals surface area contributed by atoms with E-state index in [-0.39, 0.29) is 19.0 Å². The number of aromatic nitrogens is 3. The quantitative estimate of drug-likeness (QED) is 0.552. The van der Waals surface area contributed by atoms with Crippen molar-refractivity contribution in [1.29, 1.82) is 0 Å². The highest BCUT2D eigenvalue weighted by molar-refractivity contribution is 5.92. The van der Waals surface area contributed by atoms with E-state index in [2.05, 4.69) is 20.5 Å². The number of nitrogens with one attached hydrogen (secondary N) is 2. The third-order valence-corrected chi connectivity index (χ3v) is 6.90. The van der Waals surface area contributed by atoms with E-state index >= 15 is 0 Å². The summed E-state index contributed by atoms with van der Waals surface area (Å²) in [6, 6.07) is 4.90. The zero-order valence-electron chi connectivity index (χ0n) is 21.1. The summed E-state index contributed by atoms with van der Waals surface area (Å²) < 4.78 is 40.3. The van der Waals surface area contributed by atoms with E-state index in [4.69, 9.17) is 5.73 Å². The van der Waals surface area contributed by atoms with Gasteiger partial charge in [0.1, 0.15) is 12.2 Å². The molecule has 3 amide bonds. The van der Waals surface area contributed by atoms with Crippen molar-refractivity contribution in [3.8, 4) is 0 Å². The largest absolute Gasteiger partial charge is 0.416 e. The highest BCUT2D eigenvalue weighted by atomic mass is 19.4. The first-order chi connectivity index (χ1) is 17.3. The Morgan fingerprint density at radius 3 is 2.62 bits per heavy atom. The Balaban J connectivity index is 1.77. The maximum atomic E-state index is 13.4. The molecule has 1 unspecified atom stereocenters. The van der Waals surface area contributed by atoms with Crippen LogP contribution in [0.25, 0.3) is 5.57 Å². The van der Waals surface area contributed by atoms with Crippen molar-refractivity contribution in [1.82, 2.24) is 25.4 Å². The lowest BCUT2D eigenvalue weighted by Gasteiger charge is -2.44. The van der Waals surface area contributed by atoms with Crippen LogP contribution in [0.3, 0.4) is 0 Å². The topological polar surface area (TPSA) is 117 Å². The lowest BCUT2D eigenvalue weighted by atomic mass is 9.65. The van der Waals surface area contributed by atoms with E-state index in [9.17, 15) is 22.8 Å². The minimum atomic E-state index is -4.48. The van der Waals surface area contributed by atoms with Crippen LogP contribution in [0, 0.1) is 5.41 Å². The van der Waals surface area contributed by atoms with Crippen LogP contribution in [0.2, 0.25) is 0 Å². The van der Waals surface area contributed by atoms with Gasteiger partial charge in [-0.3, -0.25) is 9.89 Å². The van der Waals surface area contributed by atoms with Gasteiger partial charge in [0.25, 0.3) is 0 Å². The Hall–Kier alpha value is -3.63. The van der Waals surface area contributed by atoms with Gasteiger partial charge in [0.2, 0.25) is 5.91 Å². The molecule has 1 aliphatic heterocycles. The number of nitrogens with zero attached hydrogens (tertiary/aromatic N) is 3. The number of carbonyl (C=O) groups excluding carboxylic acids is 2.